The van der Waals surface area contributed by atoms with Crippen molar-refractivity contribution >= 4 is 5.69 Å². The van der Waals surface area contributed by atoms with E-state index in [0.717, 1.165) is 12.1 Å². The van der Waals surface area contributed by atoms with E-state index in [-0.39, 0.29) is 5.69 Å². The smallest absolute Gasteiger partial charge is 0.149 e. The van der Waals surface area contributed by atoms with Crippen LogP contribution in [0.2, 0.25) is 0 Å². The Balaban J connectivity index is 2.75. The van der Waals surface area contributed by atoms with Gasteiger partial charge in [-0.15, -0.1) is 0 Å². The van der Waals surface area contributed by atoms with Crippen molar-refractivity contribution < 1.29 is 8.78 Å². The third-order valence-corrected chi connectivity index (χ3v) is 2.12. The molecule has 0 radical (unpaired) electrons. The maximum atomic E-state index is 13.3. The van der Waals surface area contributed by atoms with E-state index < -0.39 is 17.7 Å². The Morgan fingerprint density at radius 3 is 2.56 bits per heavy atom. The number of hydrogen-bond donors (Lipinski definition) is 1. The molecule has 0 spiro atoms. The first kappa shape index (κ1) is 12.4. The number of nitrogens with zero attached hydrogens (tertiary/aromatic N) is 1. The van der Waals surface area contributed by atoms with Gasteiger partial charge in [-0.1, -0.05) is 13.8 Å². The van der Waals surface area contributed by atoms with Crippen molar-refractivity contribution in [3.63, 3.8) is 0 Å². The molecule has 0 saturated heterocycles. The minimum atomic E-state index is -0.677. The Morgan fingerprint density at radius 1 is 1.38 bits per heavy atom. The molecule has 86 valence electrons. The van der Waals surface area contributed by atoms with E-state index in [1.54, 1.807) is 0 Å². The lowest BCUT2D eigenvalue weighted by Gasteiger charge is -2.15. The molecule has 0 amide bonds. The Hall–Kier alpha value is -1.63. The summed E-state index contributed by atoms with van der Waals surface area (Å²) in [4.78, 5) is 0. The lowest BCUT2D eigenvalue weighted by atomic mass is 10.0. The van der Waals surface area contributed by atoms with E-state index in [1.807, 2.05) is 13.8 Å². The summed E-state index contributed by atoms with van der Waals surface area (Å²) in [5, 5.41) is 11.6. The highest BCUT2D eigenvalue weighted by Gasteiger charge is 2.12. The molecule has 1 rings (SSSR count). The molecule has 1 aromatic carbocycles. The average Bonchev–Trinajstić information content (AvgIpc) is 2.20. The first-order chi connectivity index (χ1) is 7.52. The Kier molecular flexibility index (Phi) is 4.24. The minimum absolute atomic E-state index is 0.161. The largest absolute Gasteiger partial charge is 0.367 e. The molecule has 0 heterocycles. The molecule has 0 saturated carbocycles. The summed E-state index contributed by atoms with van der Waals surface area (Å²) in [6.45, 7) is 3.96. The molecule has 0 aliphatic rings. The maximum Gasteiger partial charge on any atom is 0.149 e. The van der Waals surface area contributed by atoms with Crippen molar-refractivity contribution in [2.24, 2.45) is 5.92 Å². The van der Waals surface area contributed by atoms with Gasteiger partial charge in [0, 0.05) is 6.07 Å². The highest BCUT2D eigenvalue weighted by Crippen LogP contribution is 2.17. The molecule has 0 aromatic heterocycles. The molecule has 1 unspecified atom stereocenters. The van der Waals surface area contributed by atoms with Crippen molar-refractivity contribution in [3.05, 3.63) is 29.8 Å². The van der Waals surface area contributed by atoms with Gasteiger partial charge in [-0.05, 0) is 24.5 Å². The van der Waals surface area contributed by atoms with Gasteiger partial charge in [0.15, 0.2) is 0 Å². The monoisotopic (exact) mass is 224 g/mol. The van der Waals surface area contributed by atoms with Gasteiger partial charge in [-0.25, -0.2) is 8.78 Å². The van der Waals surface area contributed by atoms with E-state index >= 15 is 0 Å². The maximum absolute atomic E-state index is 13.3. The zero-order valence-electron chi connectivity index (χ0n) is 9.30. The Bertz CT molecular complexity index is 396. The zero-order chi connectivity index (χ0) is 12.1. The summed E-state index contributed by atoms with van der Waals surface area (Å²) in [5.41, 5.74) is 0.161. The molecule has 1 aromatic rings. The fraction of sp³-hybridized carbons (Fsp3) is 0.417. The molecular formula is C12H14F2N2. The van der Waals surface area contributed by atoms with Crippen LogP contribution in [0.5, 0.6) is 0 Å². The van der Waals surface area contributed by atoms with Crippen LogP contribution in [0.25, 0.3) is 0 Å². The number of anilines is 1. The first-order valence-corrected chi connectivity index (χ1v) is 5.14. The molecule has 0 aliphatic carbocycles. The zero-order valence-corrected chi connectivity index (χ0v) is 9.30. The van der Waals surface area contributed by atoms with Gasteiger partial charge < -0.3 is 5.32 Å². The molecule has 16 heavy (non-hydrogen) atoms. The number of benzene rings is 1. The summed E-state index contributed by atoms with van der Waals surface area (Å²) in [5.74, 6) is -0.968. The van der Waals surface area contributed by atoms with Crippen LogP contribution < -0.4 is 5.32 Å². The number of hydrogen-bond acceptors (Lipinski definition) is 2. The number of nitrogens with one attached hydrogen (secondary N) is 1. The van der Waals surface area contributed by atoms with Crippen LogP contribution in [0, 0.1) is 28.9 Å². The van der Waals surface area contributed by atoms with Gasteiger partial charge in [0.2, 0.25) is 0 Å². The standard InChI is InChI=1S/C12H14F2N2/c1-8(2)5-10(7-15)16-12-4-3-9(13)6-11(12)14/h3-4,6,8,10,16H,5H2,1-2H3. The third-order valence-electron chi connectivity index (χ3n) is 2.12. The molecule has 4 heteroatoms. The van der Waals surface area contributed by atoms with Gasteiger partial charge in [0.1, 0.15) is 17.7 Å². The van der Waals surface area contributed by atoms with E-state index in [2.05, 4.69) is 11.4 Å². The third kappa shape index (κ3) is 3.50. The number of nitriles is 1. The lowest BCUT2D eigenvalue weighted by molar-refractivity contribution is 0.559. The van der Waals surface area contributed by atoms with Crippen LogP contribution >= 0.6 is 0 Å². The van der Waals surface area contributed by atoms with Crippen molar-refractivity contribution in [3.8, 4) is 6.07 Å². The van der Waals surface area contributed by atoms with Crippen LogP contribution in [-0.4, -0.2) is 6.04 Å². The van der Waals surface area contributed by atoms with Crippen LogP contribution in [0.1, 0.15) is 20.3 Å². The van der Waals surface area contributed by atoms with Gasteiger partial charge in [-0.2, -0.15) is 5.26 Å². The van der Waals surface area contributed by atoms with Crippen LogP contribution in [0.4, 0.5) is 14.5 Å². The second-order valence-electron chi connectivity index (χ2n) is 4.08. The van der Waals surface area contributed by atoms with Crippen LogP contribution in [0.3, 0.4) is 0 Å². The molecule has 0 fully saturated rings. The van der Waals surface area contributed by atoms with Crippen molar-refractivity contribution in [2.45, 2.75) is 26.3 Å². The fourth-order valence-electron chi connectivity index (χ4n) is 1.41. The molecule has 1 atom stereocenters. The summed E-state index contributed by atoms with van der Waals surface area (Å²) in [6, 6.07) is 4.85. The summed E-state index contributed by atoms with van der Waals surface area (Å²) in [7, 11) is 0. The normalized spacial score (nSPS) is 12.2. The number of rotatable bonds is 4. The van der Waals surface area contributed by atoms with E-state index in [1.165, 1.54) is 6.07 Å². The van der Waals surface area contributed by atoms with Gasteiger partial charge in [0.25, 0.3) is 0 Å². The van der Waals surface area contributed by atoms with Gasteiger partial charge >= 0.3 is 0 Å². The highest BCUT2D eigenvalue weighted by molar-refractivity contribution is 5.46. The second kappa shape index (κ2) is 5.45. The SMILES string of the molecule is CC(C)CC(C#N)Nc1ccc(F)cc1F. The van der Waals surface area contributed by atoms with E-state index in [9.17, 15) is 8.78 Å². The van der Waals surface area contributed by atoms with Crippen LogP contribution in [0.15, 0.2) is 18.2 Å². The fourth-order valence-corrected chi connectivity index (χ4v) is 1.41. The van der Waals surface area contributed by atoms with Crippen molar-refractivity contribution in [1.29, 1.82) is 5.26 Å². The minimum Gasteiger partial charge on any atom is -0.367 e. The van der Waals surface area contributed by atoms with E-state index in [4.69, 9.17) is 5.26 Å². The predicted molar refractivity (Wildman–Crippen MR) is 58.8 cm³/mol. The van der Waals surface area contributed by atoms with E-state index in [0.29, 0.717) is 12.3 Å². The summed E-state index contributed by atoms with van der Waals surface area (Å²) >= 11 is 0. The molecule has 0 bridgehead atoms. The van der Waals surface area contributed by atoms with Gasteiger partial charge in [-0.3, -0.25) is 0 Å². The topological polar surface area (TPSA) is 35.8 Å². The highest BCUT2D eigenvalue weighted by atomic mass is 19.1. The molecule has 1 N–H and O–H groups in total. The molecule has 0 aliphatic heterocycles. The first-order valence-electron chi connectivity index (χ1n) is 5.14. The van der Waals surface area contributed by atoms with Crippen molar-refractivity contribution in [2.75, 3.05) is 5.32 Å². The second-order valence-corrected chi connectivity index (χ2v) is 4.08. The van der Waals surface area contributed by atoms with Crippen LogP contribution in [-0.2, 0) is 0 Å². The molecule has 2 nitrogen and oxygen atoms in total. The van der Waals surface area contributed by atoms with Gasteiger partial charge in [0.05, 0.1) is 11.8 Å². The average molecular weight is 224 g/mol. The Labute approximate surface area is 93.9 Å². The summed E-state index contributed by atoms with van der Waals surface area (Å²) in [6.07, 6.45) is 0.618. The summed E-state index contributed by atoms with van der Waals surface area (Å²) < 4.78 is 25.9. The predicted octanol–water partition coefficient (Wildman–Crippen LogP) is 3.31. The molecular weight excluding hydrogens is 210 g/mol. The lowest BCUT2D eigenvalue weighted by Crippen LogP contribution is -2.20. The quantitative estimate of drug-likeness (QED) is 0.851. The van der Waals surface area contributed by atoms with Crippen molar-refractivity contribution in [1.82, 2.24) is 0 Å². The Morgan fingerprint density at radius 2 is 2.06 bits per heavy atom. The number of halogens is 2.